The van der Waals surface area contributed by atoms with E-state index >= 15 is 0 Å². The number of nitrogens with one attached hydrogen (secondary N) is 2. The van der Waals surface area contributed by atoms with Crippen LogP contribution in [0.25, 0.3) is 0 Å². The third kappa shape index (κ3) is 5.23. The first-order valence-corrected chi connectivity index (χ1v) is 7.84. The summed E-state index contributed by atoms with van der Waals surface area (Å²) in [5.74, 6) is 0. The van der Waals surface area contributed by atoms with Gasteiger partial charge in [0.15, 0.2) is 0 Å². The van der Waals surface area contributed by atoms with Crippen LogP contribution in [0.1, 0.15) is 5.56 Å². The molecule has 0 aliphatic carbocycles. The van der Waals surface area contributed by atoms with E-state index in [0.717, 1.165) is 16.5 Å². The van der Waals surface area contributed by atoms with Crippen LogP contribution < -0.4 is 10.6 Å². The van der Waals surface area contributed by atoms with Crippen LogP contribution in [0.4, 0.5) is 10.5 Å². The maximum absolute atomic E-state index is 11.8. The van der Waals surface area contributed by atoms with E-state index in [1.165, 1.54) is 0 Å². The maximum Gasteiger partial charge on any atom is 0.319 e. The molecule has 0 heterocycles. The van der Waals surface area contributed by atoms with Crippen molar-refractivity contribution in [2.45, 2.75) is 6.42 Å². The number of hydrogen-bond acceptors (Lipinski definition) is 1. The molecular weight excluding hydrogens is 375 g/mol. The van der Waals surface area contributed by atoms with Gasteiger partial charge in [-0.05, 0) is 42.3 Å². The molecule has 2 aromatic rings. The van der Waals surface area contributed by atoms with Crippen LogP contribution in [0, 0.1) is 0 Å². The average molecular weight is 388 g/mol. The van der Waals surface area contributed by atoms with Gasteiger partial charge in [0.05, 0.1) is 10.0 Å². The van der Waals surface area contributed by atoms with Crippen molar-refractivity contribution in [1.82, 2.24) is 5.32 Å². The SMILES string of the molecule is O=C(NCCc1cccc(Br)c1)Nc1ccc(Cl)c(Cl)c1. The van der Waals surface area contributed by atoms with E-state index in [1.54, 1.807) is 18.2 Å². The summed E-state index contributed by atoms with van der Waals surface area (Å²) in [4.78, 5) is 11.8. The predicted octanol–water partition coefficient (Wildman–Crippen LogP) is 5.12. The van der Waals surface area contributed by atoms with Crippen molar-refractivity contribution in [3.8, 4) is 0 Å². The summed E-state index contributed by atoms with van der Waals surface area (Å²) in [5, 5.41) is 6.36. The number of carbonyl (C=O) groups excluding carboxylic acids is 1. The maximum atomic E-state index is 11.8. The van der Waals surface area contributed by atoms with Gasteiger partial charge in [-0.2, -0.15) is 0 Å². The number of urea groups is 1. The Bertz CT molecular complexity index is 649. The second-order valence-electron chi connectivity index (χ2n) is 4.39. The zero-order valence-corrected chi connectivity index (χ0v) is 14.1. The van der Waals surface area contributed by atoms with E-state index in [1.807, 2.05) is 24.3 Å². The lowest BCUT2D eigenvalue weighted by atomic mass is 10.1. The second kappa shape index (κ2) is 7.69. The van der Waals surface area contributed by atoms with E-state index < -0.39 is 0 Å². The standard InChI is InChI=1S/C15H13BrCl2N2O/c16-11-3-1-2-10(8-11)6-7-19-15(21)20-12-4-5-13(17)14(18)9-12/h1-5,8-9H,6-7H2,(H2,19,20,21). The Labute approximate surface area is 141 Å². The molecule has 21 heavy (non-hydrogen) atoms. The predicted molar refractivity (Wildman–Crippen MR) is 91.3 cm³/mol. The van der Waals surface area contributed by atoms with Crippen LogP contribution in [-0.4, -0.2) is 12.6 Å². The number of benzene rings is 2. The van der Waals surface area contributed by atoms with E-state index in [4.69, 9.17) is 23.2 Å². The quantitative estimate of drug-likeness (QED) is 0.750. The van der Waals surface area contributed by atoms with Gasteiger partial charge < -0.3 is 10.6 Å². The first kappa shape index (κ1) is 16.1. The van der Waals surface area contributed by atoms with E-state index in [2.05, 4.69) is 26.6 Å². The fraction of sp³-hybridized carbons (Fsp3) is 0.133. The molecular formula is C15H13BrCl2N2O. The molecule has 110 valence electrons. The van der Waals surface area contributed by atoms with E-state index in [9.17, 15) is 4.79 Å². The molecule has 0 unspecified atom stereocenters. The lowest BCUT2D eigenvalue weighted by molar-refractivity contribution is 0.252. The number of hydrogen-bond donors (Lipinski definition) is 2. The van der Waals surface area contributed by atoms with Crippen LogP contribution in [0.3, 0.4) is 0 Å². The second-order valence-corrected chi connectivity index (χ2v) is 6.12. The Morgan fingerprint density at radius 2 is 1.90 bits per heavy atom. The van der Waals surface area contributed by atoms with Crippen LogP contribution >= 0.6 is 39.1 Å². The van der Waals surface area contributed by atoms with Crippen molar-refractivity contribution >= 4 is 50.9 Å². The molecule has 2 rings (SSSR count). The first-order valence-electron chi connectivity index (χ1n) is 6.29. The fourth-order valence-electron chi connectivity index (χ4n) is 1.76. The third-order valence-corrected chi connectivity index (χ3v) is 4.00. The number of anilines is 1. The van der Waals surface area contributed by atoms with Crippen molar-refractivity contribution in [1.29, 1.82) is 0 Å². The Hall–Kier alpha value is -1.23. The van der Waals surface area contributed by atoms with Gasteiger partial charge in [0.1, 0.15) is 0 Å². The van der Waals surface area contributed by atoms with Crippen molar-refractivity contribution in [3.63, 3.8) is 0 Å². The molecule has 2 amide bonds. The lowest BCUT2D eigenvalue weighted by Crippen LogP contribution is -2.30. The van der Waals surface area contributed by atoms with Crippen LogP contribution in [0.2, 0.25) is 10.0 Å². The molecule has 2 N–H and O–H groups in total. The smallest absolute Gasteiger partial charge is 0.319 e. The minimum absolute atomic E-state index is 0.275. The summed E-state index contributed by atoms with van der Waals surface area (Å²) in [5.41, 5.74) is 1.75. The molecule has 3 nitrogen and oxygen atoms in total. The normalized spacial score (nSPS) is 10.2. The Balaban J connectivity index is 1.81. The molecule has 0 aliphatic heterocycles. The Morgan fingerprint density at radius 3 is 2.62 bits per heavy atom. The molecule has 0 saturated heterocycles. The summed E-state index contributed by atoms with van der Waals surface area (Å²) >= 11 is 15.1. The van der Waals surface area contributed by atoms with Gasteiger partial charge >= 0.3 is 6.03 Å². The molecule has 0 atom stereocenters. The van der Waals surface area contributed by atoms with Gasteiger partial charge in [-0.15, -0.1) is 0 Å². The average Bonchev–Trinajstić information content (AvgIpc) is 2.43. The molecule has 0 saturated carbocycles. The summed E-state index contributed by atoms with van der Waals surface area (Å²) < 4.78 is 1.03. The molecule has 0 aromatic heterocycles. The van der Waals surface area contributed by atoms with Gasteiger partial charge in [0.2, 0.25) is 0 Å². The molecule has 0 radical (unpaired) electrons. The highest BCUT2D eigenvalue weighted by Gasteiger charge is 2.04. The van der Waals surface area contributed by atoms with Crippen molar-refractivity contribution in [2.24, 2.45) is 0 Å². The monoisotopic (exact) mass is 386 g/mol. The summed E-state index contributed by atoms with van der Waals surface area (Å²) in [6.45, 7) is 0.545. The van der Waals surface area contributed by atoms with Gasteiger partial charge in [-0.1, -0.05) is 51.3 Å². The zero-order chi connectivity index (χ0) is 15.2. The minimum atomic E-state index is -0.275. The molecule has 0 aliphatic rings. The highest BCUT2D eigenvalue weighted by Crippen LogP contribution is 2.24. The number of rotatable bonds is 4. The highest BCUT2D eigenvalue weighted by molar-refractivity contribution is 9.10. The van der Waals surface area contributed by atoms with Gasteiger partial charge in [0.25, 0.3) is 0 Å². The third-order valence-electron chi connectivity index (χ3n) is 2.77. The van der Waals surface area contributed by atoms with Gasteiger partial charge in [-0.3, -0.25) is 0 Å². The lowest BCUT2D eigenvalue weighted by Gasteiger charge is -2.08. The number of amides is 2. The molecule has 0 fully saturated rings. The van der Waals surface area contributed by atoms with E-state index in [-0.39, 0.29) is 6.03 Å². The molecule has 6 heteroatoms. The minimum Gasteiger partial charge on any atom is -0.338 e. The molecule has 2 aromatic carbocycles. The van der Waals surface area contributed by atoms with Crippen LogP contribution in [0.15, 0.2) is 46.9 Å². The highest BCUT2D eigenvalue weighted by atomic mass is 79.9. The number of carbonyl (C=O) groups is 1. The largest absolute Gasteiger partial charge is 0.338 e. The van der Waals surface area contributed by atoms with Crippen molar-refractivity contribution in [3.05, 3.63) is 62.5 Å². The van der Waals surface area contributed by atoms with E-state index in [0.29, 0.717) is 22.3 Å². The van der Waals surface area contributed by atoms with Crippen molar-refractivity contribution < 1.29 is 4.79 Å². The molecule has 0 spiro atoms. The Kier molecular flexibility index (Phi) is 5.91. The summed E-state index contributed by atoms with van der Waals surface area (Å²) in [7, 11) is 0. The summed E-state index contributed by atoms with van der Waals surface area (Å²) in [6.07, 6.45) is 0.758. The zero-order valence-electron chi connectivity index (χ0n) is 11.0. The van der Waals surface area contributed by atoms with Crippen molar-refractivity contribution in [2.75, 3.05) is 11.9 Å². The van der Waals surface area contributed by atoms with Crippen LogP contribution in [-0.2, 0) is 6.42 Å². The molecule has 0 bridgehead atoms. The summed E-state index contributed by atoms with van der Waals surface area (Å²) in [6, 6.07) is 12.6. The first-order chi connectivity index (χ1) is 10.0. The van der Waals surface area contributed by atoms with Gasteiger partial charge in [0, 0.05) is 16.7 Å². The van der Waals surface area contributed by atoms with Gasteiger partial charge in [-0.25, -0.2) is 4.79 Å². The van der Waals surface area contributed by atoms with Crippen LogP contribution in [0.5, 0.6) is 0 Å². The Morgan fingerprint density at radius 1 is 1.10 bits per heavy atom. The number of halogens is 3. The topological polar surface area (TPSA) is 41.1 Å². The fourth-order valence-corrected chi connectivity index (χ4v) is 2.51.